The summed E-state index contributed by atoms with van der Waals surface area (Å²) in [5.41, 5.74) is 1.61. The summed E-state index contributed by atoms with van der Waals surface area (Å²) in [6, 6.07) is 13.9. The summed E-state index contributed by atoms with van der Waals surface area (Å²) < 4.78 is 20.9. The molecule has 0 atom stereocenters. The smallest absolute Gasteiger partial charge is 0.225 e. The first-order chi connectivity index (χ1) is 15.0. The highest BCUT2D eigenvalue weighted by Gasteiger charge is 2.15. The average Bonchev–Trinajstić information content (AvgIpc) is 3.34. The number of benzene rings is 2. The molecule has 9 heteroatoms. The molecule has 0 aliphatic carbocycles. The topological polar surface area (TPSA) is 69.0 Å². The van der Waals surface area contributed by atoms with E-state index in [-0.39, 0.29) is 11.7 Å². The Morgan fingerprint density at radius 3 is 2.81 bits per heavy atom. The van der Waals surface area contributed by atoms with E-state index in [2.05, 4.69) is 15.4 Å². The van der Waals surface area contributed by atoms with Crippen molar-refractivity contribution in [2.75, 3.05) is 18.2 Å². The van der Waals surface area contributed by atoms with Crippen LogP contribution in [0.5, 0.6) is 5.75 Å². The minimum atomic E-state index is -0.247. The molecule has 0 bridgehead atoms. The number of thiazole rings is 1. The number of hydrogen-bond acceptors (Lipinski definition) is 6. The van der Waals surface area contributed by atoms with E-state index in [0.717, 1.165) is 32.3 Å². The molecular formula is C22H21FN4O2S2. The fourth-order valence-corrected chi connectivity index (χ4v) is 4.77. The van der Waals surface area contributed by atoms with E-state index in [1.807, 2.05) is 31.2 Å². The van der Waals surface area contributed by atoms with E-state index >= 15 is 0 Å². The summed E-state index contributed by atoms with van der Waals surface area (Å²) in [7, 11) is 1.62. The number of carbonyl (C=O) groups excluding carboxylic acids is 1. The van der Waals surface area contributed by atoms with Gasteiger partial charge in [0.05, 0.1) is 23.0 Å². The quantitative estimate of drug-likeness (QED) is 0.282. The molecule has 0 saturated heterocycles. The first-order valence-corrected chi connectivity index (χ1v) is 11.5. The van der Waals surface area contributed by atoms with E-state index in [1.54, 1.807) is 35.7 Å². The van der Waals surface area contributed by atoms with Gasteiger partial charge in [-0.3, -0.25) is 4.79 Å². The van der Waals surface area contributed by atoms with Crippen LogP contribution in [0.15, 0.2) is 53.4 Å². The molecule has 160 valence electrons. The lowest BCUT2D eigenvalue weighted by atomic mass is 10.3. The minimum Gasteiger partial charge on any atom is -0.497 e. The second-order valence-electron chi connectivity index (χ2n) is 6.87. The zero-order chi connectivity index (χ0) is 21.8. The van der Waals surface area contributed by atoms with Crippen molar-refractivity contribution >= 4 is 45.0 Å². The van der Waals surface area contributed by atoms with E-state index in [9.17, 15) is 9.18 Å². The van der Waals surface area contributed by atoms with Crippen LogP contribution >= 0.6 is 23.1 Å². The highest BCUT2D eigenvalue weighted by Crippen LogP contribution is 2.29. The Morgan fingerprint density at radius 1 is 1.23 bits per heavy atom. The Kier molecular flexibility index (Phi) is 6.53. The molecule has 2 heterocycles. The first-order valence-electron chi connectivity index (χ1n) is 9.71. The minimum absolute atomic E-state index is 0.0800. The lowest BCUT2D eigenvalue weighted by Crippen LogP contribution is -2.14. The number of thioether (sulfide) groups is 1. The maximum Gasteiger partial charge on any atom is 0.225 e. The van der Waals surface area contributed by atoms with Crippen molar-refractivity contribution in [2.45, 2.75) is 24.7 Å². The summed E-state index contributed by atoms with van der Waals surface area (Å²) in [4.78, 5) is 18.1. The van der Waals surface area contributed by atoms with Gasteiger partial charge in [0.25, 0.3) is 0 Å². The maximum absolute atomic E-state index is 13.0. The van der Waals surface area contributed by atoms with Gasteiger partial charge in [-0.05, 0) is 55.5 Å². The number of nitrogens with one attached hydrogen (secondary N) is 1. The normalized spacial score (nSPS) is 11.1. The summed E-state index contributed by atoms with van der Waals surface area (Å²) in [6.07, 6.45) is 1.09. The van der Waals surface area contributed by atoms with Crippen molar-refractivity contribution in [1.82, 2.24) is 14.8 Å². The SMILES string of the molecule is COc1ccc2sc(-n3nc(C)cc3NC(=O)CCCSc3ccc(F)cc3)nc2c1. The number of fused-ring (bicyclic) bond motifs is 1. The number of nitrogens with zero attached hydrogens (tertiary/aromatic N) is 3. The van der Waals surface area contributed by atoms with Crippen molar-refractivity contribution in [1.29, 1.82) is 0 Å². The molecule has 6 nitrogen and oxygen atoms in total. The number of aromatic nitrogens is 3. The van der Waals surface area contributed by atoms with Gasteiger partial charge in [0, 0.05) is 23.4 Å². The predicted octanol–water partition coefficient (Wildman–Crippen LogP) is 5.45. The van der Waals surface area contributed by atoms with Crippen LogP contribution in [0.3, 0.4) is 0 Å². The second kappa shape index (κ2) is 9.49. The molecule has 2 aromatic heterocycles. The van der Waals surface area contributed by atoms with Gasteiger partial charge in [-0.15, -0.1) is 11.8 Å². The highest BCUT2D eigenvalue weighted by atomic mass is 32.2. The molecule has 0 fully saturated rings. The number of halogens is 1. The number of ether oxygens (including phenoxy) is 1. The number of hydrogen-bond donors (Lipinski definition) is 1. The Labute approximate surface area is 187 Å². The van der Waals surface area contributed by atoms with Crippen molar-refractivity contribution < 1.29 is 13.9 Å². The second-order valence-corrected chi connectivity index (χ2v) is 9.04. The molecular weight excluding hydrogens is 435 g/mol. The molecule has 4 rings (SSSR count). The van der Waals surface area contributed by atoms with Crippen molar-refractivity contribution in [3.8, 4) is 10.9 Å². The van der Waals surface area contributed by atoms with Gasteiger partial charge < -0.3 is 10.1 Å². The Hall–Kier alpha value is -2.91. The number of carbonyl (C=O) groups is 1. The Bertz CT molecular complexity index is 1200. The highest BCUT2D eigenvalue weighted by molar-refractivity contribution is 7.99. The van der Waals surface area contributed by atoms with Crippen LogP contribution in [0.4, 0.5) is 10.2 Å². The van der Waals surface area contributed by atoms with Crippen LogP contribution in [0.1, 0.15) is 18.5 Å². The third-order valence-corrected chi connectivity index (χ3v) is 6.60. The summed E-state index contributed by atoms with van der Waals surface area (Å²) in [6.45, 7) is 1.88. The van der Waals surface area contributed by atoms with Gasteiger partial charge in [-0.25, -0.2) is 9.37 Å². The summed E-state index contributed by atoms with van der Waals surface area (Å²) >= 11 is 3.10. The zero-order valence-corrected chi connectivity index (χ0v) is 18.7. The third-order valence-electron chi connectivity index (χ3n) is 4.49. The van der Waals surface area contributed by atoms with Gasteiger partial charge in [0.15, 0.2) is 0 Å². The zero-order valence-electron chi connectivity index (χ0n) is 17.1. The molecule has 0 radical (unpaired) electrons. The third kappa shape index (κ3) is 5.23. The van der Waals surface area contributed by atoms with Crippen LogP contribution in [-0.4, -0.2) is 33.5 Å². The predicted molar refractivity (Wildman–Crippen MR) is 123 cm³/mol. The monoisotopic (exact) mass is 456 g/mol. The van der Waals surface area contributed by atoms with Gasteiger partial charge in [-0.1, -0.05) is 11.3 Å². The van der Waals surface area contributed by atoms with Gasteiger partial charge in [-0.2, -0.15) is 9.78 Å². The fourth-order valence-electron chi connectivity index (χ4n) is 3.01. The lowest BCUT2D eigenvalue weighted by Gasteiger charge is -2.06. The molecule has 4 aromatic rings. The lowest BCUT2D eigenvalue weighted by molar-refractivity contribution is -0.116. The van der Waals surface area contributed by atoms with Crippen LogP contribution in [0.2, 0.25) is 0 Å². The van der Waals surface area contributed by atoms with Crippen molar-refractivity contribution in [3.05, 3.63) is 60.0 Å². The maximum atomic E-state index is 13.0. The molecule has 1 N–H and O–H groups in total. The standard InChI is InChI=1S/C22H21FN4O2S2/c1-14-12-20(25-21(28)4-3-11-30-17-8-5-15(23)6-9-17)27(26-14)22-24-18-13-16(29-2)7-10-19(18)31-22/h5-10,12-13H,3-4,11H2,1-2H3,(H,25,28). The van der Waals surface area contributed by atoms with E-state index in [4.69, 9.17) is 4.74 Å². The van der Waals surface area contributed by atoms with Gasteiger partial charge in [0.1, 0.15) is 17.4 Å². The Balaban J connectivity index is 1.39. The Morgan fingerprint density at radius 2 is 2.03 bits per heavy atom. The fraction of sp³-hybridized carbons (Fsp3) is 0.227. The van der Waals surface area contributed by atoms with Crippen LogP contribution in [-0.2, 0) is 4.79 Å². The van der Waals surface area contributed by atoms with Crippen molar-refractivity contribution in [2.24, 2.45) is 0 Å². The molecule has 0 unspecified atom stereocenters. The molecule has 31 heavy (non-hydrogen) atoms. The molecule has 0 spiro atoms. The first kappa shape index (κ1) is 21.3. The van der Waals surface area contributed by atoms with Crippen molar-refractivity contribution in [3.63, 3.8) is 0 Å². The van der Waals surface area contributed by atoms with E-state index < -0.39 is 0 Å². The molecule has 2 aromatic carbocycles. The molecule has 0 saturated carbocycles. The molecule has 0 aliphatic rings. The number of methoxy groups -OCH3 is 1. The van der Waals surface area contributed by atoms with E-state index in [1.165, 1.54) is 23.5 Å². The summed E-state index contributed by atoms with van der Waals surface area (Å²) in [5.74, 6) is 1.79. The number of anilines is 1. The van der Waals surface area contributed by atoms with E-state index in [0.29, 0.717) is 23.8 Å². The van der Waals surface area contributed by atoms with Gasteiger partial charge >= 0.3 is 0 Å². The van der Waals surface area contributed by atoms with Gasteiger partial charge in [0.2, 0.25) is 11.0 Å². The van der Waals surface area contributed by atoms with Crippen LogP contribution < -0.4 is 10.1 Å². The molecule has 1 amide bonds. The average molecular weight is 457 g/mol. The number of rotatable bonds is 8. The molecule has 0 aliphatic heterocycles. The number of amides is 1. The number of aryl methyl sites for hydroxylation is 1. The van der Waals surface area contributed by atoms with Crippen LogP contribution in [0, 0.1) is 12.7 Å². The largest absolute Gasteiger partial charge is 0.497 e. The van der Waals surface area contributed by atoms with Crippen LogP contribution in [0.25, 0.3) is 15.3 Å². The summed E-state index contributed by atoms with van der Waals surface area (Å²) in [5, 5.41) is 8.13.